The van der Waals surface area contributed by atoms with Crippen molar-refractivity contribution in [3.8, 4) is 11.1 Å². The van der Waals surface area contributed by atoms with E-state index in [1.165, 1.54) is 83.4 Å². The Bertz CT molecular complexity index is 3250. The Hall–Kier alpha value is -5.02. The number of anilines is 6. The van der Waals surface area contributed by atoms with Crippen LogP contribution in [-0.4, -0.2) is 6.71 Å². The Morgan fingerprint density at radius 3 is 1.55 bits per heavy atom. The average molecular weight is 870 g/mol. The van der Waals surface area contributed by atoms with E-state index in [9.17, 15) is 4.11 Å². The predicted molar refractivity (Wildman–Crippen MR) is 284 cm³/mol. The van der Waals surface area contributed by atoms with Crippen LogP contribution < -0.4 is 26.2 Å². The van der Waals surface area contributed by atoms with Gasteiger partial charge in [0.1, 0.15) is 0 Å². The van der Waals surface area contributed by atoms with Crippen molar-refractivity contribution >= 4 is 57.2 Å². The maximum atomic E-state index is 9.27. The number of rotatable bonds is 2. The van der Waals surface area contributed by atoms with Crippen LogP contribution in [0.25, 0.3) is 11.1 Å². The minimum Gasteiger partial charge on any atom is -0.311 e. The summed E-state index contributed by atoms with van der Waals surface area (Å²) in [7, 11) is 0. The van der Waals surface area contributed by atoms with Gasteiger partial charge in [-0.05, 0) is 191 Å². The molecular formula is C63H71BN2. The summed E-state index contributed by atoms with van der Waals surface area (Å²) in [6, 6.07) is 37.5. The zero-order valence-corrected chi connectivity index (χ0v) is 42.2. The molecule has 3 heteroatoms. The highest BCUT2D eigenvalue weighted by molar-refractivity contribution is 7.00. The summed E-state index contributed by atoms with van der Waals surface area (Å²) < 4.78 is 27.8. The third-order valence-corrected chi connectivity index (χ3v) is 18.4. The molecule has 0 aromatic heterocycles. The van der Waals surface area contributed by atoms with Crippen molar-refractivity contribution < 1.29 is 4.11 Å². The lowest BCUT2D eigenvalue weighted by Crippen LogP contribution is -2.62. The molecule has 0 saturated carbocycles. The lowest BCUT2D eigenvalue weighted by molar-refractivity contribution is 0.332. The van der Waals surface area contributed by atoms with E-state index in [0.717, 1.165) is 54.9 Å². The predicted octanol–water partition coefficient (Wildman–Crippen LogP) is 15.0. The van der Waals surface area contributed by atoms with E-state index in [-0.39, 0.29) is 44.6 Å². The van der Waals surface area contributed by atoms with Crippen LogP contribution in [0.5, 0.6) is 0 Å². The molecule has 6 aliphatic rings. The zero-order valence-electron chi connectivity index (χ0n) is 45.2. The van der Waals surface area contributed by atoms with Crippen LogP contribution in [0.3, 0.4) is 0 Å². The van der Waals surface area contributed by atoms with E-state index >= 15 is 0 Å². The summed E-state index contributed by atoms with van der Waals surface area (Å²) in [5.74, 6) is 0. The molecule has 12 rings (SSSR count). The van der Waals surface area contributed by atoms with Gasteiger partial charge < -0.3 is 9.80 Å². The average Bonchev–Trinajstić information content (AvgIpc) is 3.62. The molecular weight excluding hydrogens is 796 g/mol. The molecule has 4 aliphatic carbocycles. The summed E-state index contributed by atoms with van der Waals surface area (Å²) in [6.45, 7) is 31.4. The van der Waals surface area contributed by atoms with Crippen LogP contribution in [0, 0.1) is 6.85 Å². The van der Waals surface area contributed by atoms with Gasteiger partial charge in [0.15, 0.2) is 0 Å². The first-order chi connectivity index (χ1) is 32.1. The molecule has 0 atom stereocenters. The monoisotopic (exact) mass is 870 g/mol. The Labute approximate surface area is 401 Å². The van der Waals surface area contributed by atoms with Crippen LogP contribution in [-0.2, 0) is 37.9 Å². The number of hydrogen-bond donors (Lipinski definition) is 0. The first-order valence-corrected chi connectivity index (χ1v) is 25.1. The number of hydrogen-bond acceptors (Lipinski definition) is 2. The smallest absolute Gasteiger partial charge is 0.252 e. The first kappa shape index (κ1) is 39.0. The second-order valence-electron chi connectivity index (χ2n) is 26.0. The van der Waals surface area contributed by atoms with Gasteiger partial charge in [-0.25, -0.2) is 0 Å². The lowest BCUT2D eigenvalue weighted by atomic mass is 9.32. The van der Waals surface area contributed by atoms with Crippen LogP contribution in [0.15, 0.2) is 97.1 Å². The highest BCUT2D eigenvalue weighted by Gasteiger charge is 2.51. The van der Waals surface area contributed by atoms with Crippen molar-refractivity contribution in [1.29, 1.82) is 0 Å². The lowest BCUT2D eigenvalue weighted by Gasteiger charge is -2.48. The van der Waals surface area contributed by atoms with Gasteiger partial charge in [0.25, 0.3) is 6.71 Å². The highest BCUT2D eigenvalue weighted by Crippen LogP contribution is 2.58. The molecule has 0 bridgehead atoms. The standard InChI is InChI=1S/C63H71BN2/c1-37-29-53-56-54(30-37)66(50-22-18-20-40-39-19-16-17-21-41(39)63(14,15)55(40)50)52-35-47-45(61(10,11)36-62(47,12)13)33-49(52)64(56)48-32-44-46(60(8,9)28-27-59(44,6)7)34-51(48)65(53)38-23-24-42-43(31-38)58(4,5)26-25-57(42,2)3/h16-24,29-35H,25-28,36H2,1-15H3/i1D3. The Morgan fingerprint density at radius 2 is 0.924 bits per heavy atom. The Balaban J connectivity index is 1.25. The third-order valence-electron chi connectivity index (χ3n) is 18.4. The third kappa shape index (κ3) is 5.55. The fourth-order valence-corrected chi connectivity index (χ4v) is 14.8. The number of benzene rings is 6. The quantitative estimate of drug-likeness (QED) is 0.160. The van der Waals surface area contributed by atoms with Crippen LogP contribution in [0.4, 0.5) is 34.1 Å². The highest BCUT2D eigenvalue weighted by atomic mass is 15.2. The first-order valence-electron chi connectivity index (χ1n) is 26.6. The topological polar surface area (TPSA) is 6.48 Å². The fourth-order valence-electron chi connectivity index (χ4n) is 14.8. The molecule has 336 valence electrons. The molecule has 6 aromatic carbocycles. The van der Waals surface area contributed by atoms with Crippen molar-refractivity contribution in [2.24, 2.45) is 0 Å². The van der Waals surface area contributed by atoms with Gasteiger partial charge in [-0.2, -0.15) is 0 Å². The van der Waals surface area contributed by atoms with Gasteiger partial charge in [-0.15, -0.1) is 0 Å². The maximum absolute atomic E-state index is 9.27. The summed E-state index contributed by atoms with van der Waals surface area (Å²) in [5, 5.41) is 0. The number of nitrogens with zero attached hydrogens (tertiary/aromatic N) is 2. The molecule has 0 saturated heterocycles. The zero-order chi connectivity index (χ0) is 49.1. The van der Waals surface area contributed by atoms with Crippen molar-refractivity contribution in [1.82, 2.24) is 0 Å². The van der Waals surface area contributed by atoms with Crippen LogP contribution >= 0.6 is 0 Å². The van der Waals surface area contributed by atoms with Gasteiger partial charge in [-0.1, -0.05) is 152 Å². The summed E-state index contributed by atoms with van der Waals surface area (Å²) in [5.41, 5.74) is 23.9. The normalized spacial score (nSPS) is 22.6. The second-order valence-corrected chi connectivity index (χ2v) is 26.0. The maximum Gasteiger partial charge on any atom is 0.252 e. The van der Waals surface area contributed by atoms with E-state index in [1.54, 1.807) is 0 Å². The van der Waals surface area contributed by atoms with E-state index in [2.05, 4.69) is 204 Å². The molecule has 0 amide bonds. The van der Waals surface area contributed by atoms with Gasteiger partial charge in [0.05, 0.1) is 5.69 Å². The number of fused-ring (bicyclic) bond motifs is 10. The van der Waals surface area contributed by atoms with Gasteiger partial charge in [0, 0.05) is 38.0 Å². The largest absolute Gasteiger partial charge is 0.311 e. The summed E-state index contributed by atoms with van der Waals surface area (Å²) in [4.78, 5) is 5.04. The Kier molecular flexibility index (Phi) is 7.65. The molecule has 66 heavy (non-hydrogen) atoms. The van der Waals surface area contributed by atoms with Crippen molar-refractivity contribution in [3.63, 3.8) is 0 Å². The van der Waals surface area contributed by atoms with Crippen molar-refractivity contribution in [2.75, 3.05) is 9.80 Å². The molecule has 0 N–H and O–H groups in total. The van der Waals surface area contributed by atoms with Crippen molar-refractivity contribution in [2.45, 2.75) is 174 Å². The summed E-state index contributed by atoms with van der Waals surface area (Å²) >= 11 is 0. The molecule has 0 spiro atoms. The second kappa shape index (κ2) is 12.9. The molecule has 0 radical (unpaired) electrons. The Morgan fingerprint density at radius 1 is 0.424 bits per heavy atom. The van der Waals surface area contributed by atoms with E-state index in [1.807, 2.05) is 0 Å². The molecule has 2 heterocycles. The van der Waals surface area contributed by atoms with E-state index in [4.69, 9.17) is 0 Å². The summed E-state index contributed by atoms with van der Waals surface area (Å²) in [6.07, 6.45) is 5.54. The van der Waals surface area contributed by atoms with Crippen LogP contribution in [0.2, 0.25) is 0 Å². The minimum absolute atomic E-state index is 0.0149. The fraction of sp³-hybridized carbons (Fsp3) is 0.429. The number of aryl methyl sites for hydroxylation is 1. The molecule has 2 nitrogen and oxygen atoms in total. The SMILES string of the molecule is [2H]C([2H])([2H])c1cc2c3c(c1)N(c1cccc4c1C(C)(C)c1ccccc1-4)c1cc4c(cc1B3c1cc3c(cc1N2c1ccc2c(c1)C(C)(C)CCC2(C)C)C(C)(C)CCC3(C)C)C(C)(C)CC4(C)C. The van der Waals surface area contributed by atoms with E-state index in [0.29, 0.717) is 5.56 Å². The molecule has 0 unspecified atom stereocenters. The van der Waals surface area contributed by atoms with Gasteiger partial charge >= 0.3 is 0 Å². The van der Waals surface area contributed by atoms with Gasteiger partial charge in [0.2, 0.25) is 0 Å². The van der Waals surface area contributed by atoms with E-state index < -0.39 is 6.85 Å². The molecule has 6 aromatic rings. The van der Waals surface area contributed by atoms with Crippen molar-refractivity contribution in [3.05, 3.63) is 147 Å². The minimum atomic E-state index is -2.36. The van der Waals surface area contributed by atoms with Gasteiger partial charge in [-0.3, -0.25) is 0 Å². The van der Waals surface area contributed by atoms with Crippen LogP contribution in [0.1, 0.15) is 183 Å². The molecule has 0 fully saturated rings. The molecule has 2 aliphatic heterocycles.